The van der Waals surface area contributed by atoms with Crippen molar-refractivity contribution in [2.75, 3.05) is 19.8 Å². The van der Waals surface area contributed by atoms with E-state index in [1.54, 1.807) is 0 Å². The van der Waals surface area contributed by atoms with Crippen LogP contribution in [0, 0.1) is 0 Å². The van der Waals surface area contributed by atoms with Crippen LogP contribution in [-0.4, -0.2) is 111 Å². The molecule has 188 valence electrons. The number of aliphatic hydroxyl groups excluding tert-OH is 6. The zero-order valence-corrected chi connectivity index (χ0v) is 23.3. The molecule has 0 amide bonds. The van der Waals surface area contributed by atoms with Gasteiger partial charge in [-0.15, -0.1) is 6.58 Å². The Labute approximate surface area is 244 Å². The van der Waals surface area contributed by atoms with Crippen molar-refractivity contribution < 1.29 is 129 Å². The number of carboxylic acids is 2. The molecular formula is C19H26Na2O14. The minimum absolute atomic E-state index is 0. The Bertz CT molecular complexity index is 766. The summed E-state index contributed by atoms with van der Waals surface area (Å²) in [6.45, 7) is 1.11. The minimum Gasteiger partial charge on any atom is -0.544 e. The molecule has 0 radical (unpaired) electrons. The van der Waals surface area contributed by atoms with Crippen LogP contribution in [0.3, 0.4) is 0 Å². The zero-order valence-electron chi connectivity index (χ0n) is 19.3. The van der Waals surface area contributed by atoms with E-state index in [-0.39, 0.29) is 65.7 Å². The van der Waals surface area contributed by atoms with E-state index in [0.29, 0.717) is 0 Å². The third kappa shape index (κ3) is 7.92. The Morgan fingerprint density at radius 2 is 1.74 bits per heavy atom. The van der Waals surface area contributed by atoms with Crippen molar-refractivity contribution in [3.63, 3.8) is 0 Å². The monoisotopic (exact) mass is 524 g/mol. The first-order chi connectivity index (χ1) is 15.4. The molecule has 1 fully saturated rings. The summed E-state index contributed by atoms with van der Waals surface area (Å²) in [5, 5.41) is 82.2. The van der Waals surface area contributed by atoms with Gasteiger partial charge in [0.25, 0.3) is 5.79 Å². The fourth-order valence-electron chi connectivity index (χ4n) is 3.45. The molecule has 2 heterocycles. The van der Waals surface area contributed by atoms with Gasteiger partial charge in [0.05, 0.1) is 32.0 Å². The van der Waals surface area contributed by atoms with E-state index in [0.717, 1.165) is 6.08 Å². The molecule has 0 aliphatic carbocycles. The van der Waals surface area contributed by atoms with E-state index in [9.17, 15) is 45.3 Å². The van der Waals surface area contributed by atoms with Gasteiger partial charge in [-0.1, -0.05) is 6.08 Å². The van der Waals surface area contributed by atoms with Crippen molar-refractivity contribution in [3.8, 4) is 0 Å². The van der Waals surface area contributed by atoms with Crippen molar-refractivity contribution in [2.24, 2.45) is 0 Å². The smallest absolute Gasteiger partial charge is 0.544 e. The molecule has 0 aromatic rings. The number of ether oxygens (including phenoxy) is 4. The number of carbonyl (C=O) groups is 2. The molecule has 0 spiro atoms. The van der Waals surface area contributed by atoms with Crippen molar-refractivity contribution in [1.82, 2.24) is 0 Å². The second kappa shape index (κ2) is 14.7. The number of aliphatic hydroxyl groups is 6. The molecule has 2 rings (SSSR count). The first kappa shape index (κ1) is 34.9. The van der Waals surface area contributed by atoms with Gasteiger partial charge in [0.2, 0.25) is 5.79 Å². The van der Waals surface area contributed by atoms with E-state index in [2.05, 4.69) is 6.58 Å². The molecule has 0 bridgehead atoms. The van der Waals surface area contributed by atoms with E-state index >= 15 is 0 Å². The molecule has 0 saturated carbocycles. The van der Waals surface area contributed by atoms with E-state index in [1.807, 2.05) is 0 Å². The van der Waals surface area contributed by atoms with E-state index in [4.69, 9.17) is 24.1 Å². The van der Waals surface area contributed by atoms with Crippen LogP contribution in [0.2, 0.25) is 0 Å². The number of hydrogen-bond donors (Lipinski definition) is 6. The molecule has 14 nitrogen and oxygen atoms in total. The Hall–Kier alpha value is -0.140. The molecule has 2 aliphatic rings. The van der Waals surface area contributed by atoms with Gasteiger partial charge in [0, 0.05) is 12.8 Å². The molecule has 1 saturated heterocycles. The van der Waals surface area contributed by atoms with Gasteiger partial charge in [-0.2, -0.15) is 0 Å². The second-order valence-electron chi connectivity index (χ2n) is 7.50. The van der Waals surface area contributed by atoms with E-state index < -0.39 is 92.0 Å². The largest absolute Gasteiger partial charge is 1.00 e. The number of carbonyl (C=O) groups excluding carboxylic acids is 2. The summed E-state index contributed by atoms with van der Waals surface area (Å²) >= 11 is 0. The Morgan fingerprint density at radius 1 is 1.14 bits per heavy atom. The molecule has 35 heavy (non-hydrogen) atoms. The third-order valence-electron chi connectivity index (χ3n) is 5.10. The van der Waals surface area contributed by atoms with Crippen LogP contribution in [0.25, 0.3) is 0 Å². The third-order valence-corrected chi connectivity index (χ3v) is 5.10. The van der Waals surface area contributed by atoms with Crippen LogP contribution in [-0.2, 0) is 28.5 Å². The Kier molecular flexibility index (Phi) is 14.6. The van der Waals surface area contributed by atoms with Gasteiger partial charge < -0.3 is 69.4 Å². The van der Waals surface area contributed by atoms with Crippen molar-refractivity contribution >= 4 is 11.9 Å². The van der Waals surface area contributed by atoms with Gasteiger partial charge in [-0.25, -0.2) is 0 Å². The standard InChI is InChI=1S/C19H28O14.2Na/c1-2-3-30-18(16(26)27)5-9(4-13(32-18)11(23)7-20)31-19(17(28)29)6-10(22)14(25)15(33-19)12(24)8-21;;/h2,4,9-12,14-15,20-25H,1,3,5-8H2,(H,26,27)(H,28,29);;/q;2*+1/p-2/t9-,10+,11+,12+,14+,15+,18+,19+;;/m0../s1. The topological polar surface area (TPSA) is 239 Å². The number of hydrogen-bond acceptors (Lipinski definition) is 14. The van der Waals surface area contributed by atoms with Crippen molar-refractivity contribution in [2.45, 2.75) is 61.0 Å². The maximum absolute atomic E-state index is 12.0. The van der Waals surface area contributed by atoms with Crippen LogP contribution >= 0.6 is 0 Å². The number of rotatable bonds is 11. The minimum atomic E-state index is -2.84. The molecule has 8 atom stereocenters. The van der Waals surface area contributed by atoms with Crippen molar-refractivity contribution in [3.05, 3.63) is 24.5 Å². The molecule has 6 N–H and O–H groups in total. The fraction of sp³-hybridized carbons (Fsp3) is 0.684. The van der Waals surface area contributed by atoms with Crippen molar-refractivity contribution in [1.29, 1.82) is 0 Å². The summed E-state index contributed by atoms with van der Waals surface area (Å²) < 4.78 is 21.0. The first-order valence-electron chi connectivity index (χ1n) is 9.83. The van der Waals surface area contributed by atoms with Gasteiger partial charge >= 0.3 is 59.1 Å². The first-order valence-corrected chi connectivity index (χ1v) is 9.83. The van der Waals surface area contributed by atoms with Gasteiger partial charge in [-0.05, 0) is 6.08 Å². The summed E-state index contributed by atoms with van der Waals surface area (Å²) in [4.78, 5) is 23.8. The average Bonchev–Trinajstić information content (AvgIpc) is 2.78. The predicted octanol–water partition coefficient (Wildman–Crippen LogP) is -12.0. The van der Waals surface area contributed by atoms with Gasteiger partial charge in [0.1, 0.15) is 42.1 Å². The molecule has 2 aliphatic heterocycles. The quantitative estimate of drug-likeness (QED) is 0.109. The summed E-state index contributed by atoms with van der Waals surface area (Å²) in [5.74, 6) is -9.99. The fourth-order valence-corrected chi connectivity index (χ4v) is 3.45. The average molecular weight is 524 g/mol. The second-order valence-corrected chi connectivity index (χ2v) is 7.50. The molecule has 0 aromatic heterocycles. The Morgan fingerprint density at radius 3 is 2.23 bits per heavy atom. The maximum Gasteiger partial charge on any atom is 1.00 e. The molecular weight excluding hydrogens is 498 g/mol. The van der Waals surface area contributed by atoms with Crippen LogP contribution in [0.5, 0.6) is 0 Å². The van der Waals surface area contributed by atoms with Gasteiger partial charge in [-0.3, -0.25) is 0 Å². The summed E-state index contributed by atoms with van der Waals surface area (Å²) in [7, 11) is 0. The SMILES string of the molecule is C=CCO[C@]1(C(=O)[O-])C[C@@H](O[C@]2(C(=O)[O-])C[C@@H](O)[C@@H](O)[C@@H]([C@H](O)CO)O2)C=C([C@H](O)CO)O1.[Na+].[Na+]. The number of carboxylic acid groups (broad SMARTS) is 2. The van der Waals surface area contributed by atoms with E-state index in [1.165, 1.54) is 6.08 Å². The summed E-state index contributed by atoms with van der Waals surface area (Å²) in [5.41, 5.74) is 0. The van der Waals surface area contributed by atoms with Crippen LogP contribution in [0.1, 0.15) is 12.8 Å². The van der Waals surface area contributed by atoms with Crippen LogP contribution < -0.4 is 69.3 Å². The molecule has 0 unspecified atom stereocenters. The normalized spacial score (nSPS) is 34.2. The summed E-state index contributed by atoms with van der Waals surface area (Å²) in [6.07, 6.45) is -10.2. The van der Waals surface area contributed by atoms with Crippen LogP contribution in [0.15, 0.2) is 24.5 Å². The maximum atomic E-state index is 12.0. The summed E-state index contributed by atoms with van der Waals surface area (Å²) in [6, 6.07) is 0. The zero-order chi connectivity index (χ0) is 25.0. The predicted molar refractivity (Wildman–Crippen MR) is 98.0 cm³/mol. The molecule has 0 aromatic carbocycles. The van der Waals surface area contributed by atoms with Crippen LogP contribution in [0.4, 0.5) is 0 Å². The molecule has 16 heteroatoms. The number of aliphatic carboxylic acids is 2. The van der Waals surface area contributed by atoms with Gasteiger partial charge in [0.15, 0.2) is 0 Å². The Balaban J connectivity index is 0.00000578.